The van der Waals surface area contributed by atoms with Crippen LogP contribution in [0.5, 0.6) is 0 Å². The van der Waals surface area contributed by atoms with Crippen LogP contribution in [0.1, 0.15) is 28.7 Å². The van der Waals surface area contributed by atoms with Crippen molar-refractivity contribution in [2.24, 2.45) is 5.92 Å². The number of hydrogen-bond acceptors (Lipinski definition) is 2. The molecule has 2 aromatic carbocycles. The topological polar surface area (TPSA) is 49.4 Å². The summed E-state index contributed by atoms with van der Waals surface area (Å²) in [5, 5.41) is 2.96. The maximum Gasteiger partial charge on any atom is 0.229 e. The number of carbonyl (C=O) groups is 2. The van der Waals surface area contributed by atoms with Crippen LogP contribution in [0, 0.1) is 33.6 Å². The van der Waals surface area contributed by atoms with Crippen molar-refractivity contribution in [3.05, 3.63) is 58.7 Å². The second-order valence-corrected chi connectivity index (χ2v) is 7.12. The Morgan fingerprint density at radius 3 is 2.00 bits per heavy atom. The fourth-order valence-corrected chi connectivity index (χ4v) is 3.53. The summed E-state index contributed by atoms with van der Waals surface area (Å²) in [4.78, 5) is 26.8. The Morgan fingerprint density at radius 1 is 0.920 bits per heavy atom. The molecule has 25 heavy (non-hydrogen) atoms. The third-order valence-corrected chi connectivity index (χ3v) is 4.50. The Balaban J connectivity index is 1.74. The molecule has 1 unspecified atom stereocenters. The van der Waals surface area contributed by atoms with E-state index < -0.39 is 0 Å². The van der Waals surface area contributed by atoms with Gasteiger partial charge in [-0.3, -0.25) is 9.59 Å². The van der Waals surface area contributed by atoms with Crippen molar-refractivity contribution < 1.29 is 9.59 Å². The number of carbonyl (C=O) groups excluding carboxylic acids is 2. The van der Waals surface area contributed by atoms with Gasteiger partial charge in [-0.15, -0.1) is 0 Å². The van der Waals surface area contributed by atoms with Crippen LogP contribution in [0.25, 0.3) is 0 Å². The molecule has 3 rings (SSSR count). The SMILES string of the molecule is Cc1cc(C)cc(NC(=O)C2CC(=O)N(c3cc(C)cc(C)c3)C2)c1. The average molecular weight is 336 g/mol. The molecule has 1 aliphatic rings. The smallest absolute Gasteiger partial charge is 0.229 e. The summed E-state index contributed by atoms with van der Waals surface area (Å²) in [6, 6.07) is 12.0. The lowest BCUT2D eigenvalue weighted by atomic mass is 10.1. The Hall–Kier alpha value is -2.62. The highest BCUT2D eigenvalue weighted by molar-refractivity contribution is 6.03. The Bertz CT molecular complexity index is 801. The quantitative estimate of drug-likeness (QED) is 0.924. The highest BCUT2D eigenvalue weighted by atomic mass is 16.2. The van der Waals surface area contributed by atoms with E-state index in [9.17, 15) is 9.59 Å². The van der Waals surface area contributed by atoms with E-state index in [2.05, 4.69) is 17.4 Å². The van der Waals surface area contributed by atoms with E-state index in [1.165, 1.54) is 0 Å². The monoisotopic (exact) mass is 336 g/mol. The second-order valence-electron chi connectivity index (χ2n) is 7.12. The number of hydrogen-bond donors (Lipinski definition) is 1. The molecular formula is C21H24N2O2. The summed E-state index contributed by atoms with van der Waals surface area (Å²) in [6.07, 6.45) is 0.254. The summed E-state index contributed by atoms with van der Waals surface area (Å²) in [5.74, 6) is -0.412. The molecule has 2 amide bonds. The molecule has 1 fully saturated rings. The van der Waals surface area contributed by atoms with Gasteiger partial charge in [-0.25, -0.2) is 0 Å². The first-order valence-corrected chi connectivity index (χ1v) is 8.59. The molecule has 0 saturated carbocycles. The van der Waals surface area contributed by atoms with Crippen molar-refractivity contribution in [3.8, 4) is 0 Å². The van der Waals surface area contributed by atoms with Gasteiger partial charge in [0.1, 0.15) is 0 Å². The summed E-state index contributed by atoms with van der Waals surface area (Å²) in [7, 11) is 0. The van der Waals surface area contributed by atoms with Gasteiger partial charge in [-0.05, 0) is 74.2 Å². The summed E-state index contributed by atoms with van der Waals surface area (Å²) >= 11 is 0. The van der Waals surface area contributed by atoms with Gasteiger partial charge >= 0.3 is 0 Å². The fourth-order valence-electron chi connectivity index (χ4n) is 3.53. The highest BCUT2D eigenvalue weighted by Crippen LogP contribution is 2.28. The Kier molecular flexibility index (Phi) is 4.62. The molecule has 1 aliphatic heterocycles. The zero-order chi connectivity index (χ0) is 18.1. The van der Waals surface area contributed by atoms with E-state index in [1.807, 2.05) is 52.0 Å². The minimum absolute atomic E-state index is 0.00516. The number of rotatable bonds is 3. The predicted octanol–water partition coefficient (Wildman–Crippen LogP) is 3.91. The molecule has 4 heteroatoms. The van der Waals surface area contributed by atoms with Crippen molar-refractivity contribution in [2.75, 3.05) is 16.8 Å². The van der Waals surface area contributed by atoms with E-state index in [0.29, 0.717) is 6.54 Å². The molecule has 4 nitrogen and oxygen atoms in total. The number of nitrogens with one attached hydrogen (secondary N) is 1. The number of amides is 2. The summed E-state index contributed by atoms with van der Waals surface area (Å²) in [6.45, 7) is 8.47. The third kappa shape index (κ3) is 3.90. The number of benzene rings is 2. The van der Waals surface area contributed by atoms with Crippen molar-refractivity contribution in [2.45, 2.75) is 34.1 Å². The van der Waals surface area contributed by atoms with Crippen LogP contribution in [0.4, 0.5) is 11.4 Å². The molecule has 0 bridgehead atoms. The van der Waals surface area contributed by atoms with E-state index in [1.54, 1.807) is 4.90 Å². The van der Waals surface area contributed by atoms with Gasteiger partial charge in [-0.2, -0.15) is 0 Å². The lowest BCUT2D eigenvalue weighted by Gasteiger charge is -2.18. The lowest BCUT2D eigenvalue weighted by Crippen LogP contribution is -2.28. The van der Waals surface area contributed by atoms with Gasteiger partial charge < -0.3 is 10.2 Å². The molecule has 0 aromatic heterocycles. The first-order chi connectivity index (χ1) is 11.8. The largest absolute Gasteiger partial charge is 0.326 e. The Labute approximate surface area is 148 Å². The molecule has 0 aliphatic carbocycles. The van der Waals surface area contributed by atoms with Gasteiger partial charge in [0.15, 0.2) is 0 Å². The molecule has 1 saturated heterocycles. The van der Waals surface area contributed by atoms with Crippen LogP contribution in [0.15, 0.2) is 36.4 Å². The minimum Gasteiger partial charge on any atom is -0.326 e. The van der Waals surface area contributed by atoms with E-state index in [-0.39, 0.29) is 24.2 Å². The standard InChI is InChI=1S/C21H24N2O2/c1-13-5-14(2)8-18(7-13)22-21(25)17-11-20(24)23(12-17)19-9-15(3)6-16(4)10-19/h5-10,17H,11-12H2,1-4H3,(H,22,25). The van der Waals surface area contributed by atoms with Crippen LogP contribution < -0.4 is 10.2 Å². The van der Waals surface area contributed by atoms with E-state index in [4.69, 9.17) is 0 Å². The third-order valence-electron chi connectivity index (χ3n) is 4.50. The number of aryl methyl sites for hydroxylation is 4. The molecule has 0 spiro atoms. The van der Waals surface area contributed by atoms with Gasteiger partial charge in [0.05, 0.1) is 5.92 Å². The second kappa shape index (κ2) is 6.71. The highest BCUT2D eigenvalue weighted by Gasteiger charge is 2.35. The summed E-state index contributed by atoms with van der Waals surface area (Å²) in [5.41, 5.74) is 6.12. The summed E-state index contributed by atoms with van der Waals surface area (Å²) < 4.78 is 0. The van der Waals surface area contributed by atoms with Crippen LogP contribution in [0.3, 0.4) is 0 Å². The van der Waals surface area contributed by atoms with Gasteiger partial charge in [0.25, 0.3) is 0 Å². The van der Waals surface area contributed by atoms with Crippen LogP contribution in [0.2, 0.25) is 0 Å². The molecule has 130 valence electrons. The molecule has 2 aromatic rings. The number of nitrogens with zero attached hydrogens (tertiary/aromatic N) is 1. The van der Waals surface area contributed by atoms with E-state index in [0.717, 1.165) is 33.6 Å². The van der Waals surface area contributed by atoms with Crippen LogP contribution >= 0.6 is 0 Å². The minimum atomic E-state index is -0.325. The van der Waals surface area contributed by atoms with Crippen LogP contribution in [-0.2, 0) is 9.59 Å². The normalized spacial score (nSPS) is 17.0. The van der Waals surface area contributed by atoms with Crippen molar-refractivity contribution in [1.82, 2.24) is 0 Å². The molecule has 1 heterocycles. The van der Waals surface area contributed by atoms with Crippen molar-refractivity contribution >= 4 is 23.2 Å². The maximum atomic E-state index is 12.6. The van der Waals surface area contributed by atoms with Gasteiger partial charge in [0, 0.05) is 24.3 Å². The first-order valence-electron chi connectivity index (χ1n) is 8.59. The fraction of sp³-hybridized carbons (Fsp3) is 0.333. The molecule has 1 N–H and O–H groups in total. The van der Waals surface area contributed by atoms with Crippen molar-refractivity contribution in [3.63, 3.8) is 0 Å². The van der Waals surface area contributed by atoms with Crippen molar-refractivity contribution in [1.29, 1.82) is 0 Å². The van der Waals surface area contributed by atoms with E-state index >= 15 is 0 Å². The number of anilines is 2. The predicted molar refractivity (Wildman–Crippen MR) is 101 cm³/mol. The first kappa shape index (κ1) is 17.2. The zero-order valence-electron chi connectivity index (χ0n) is 15.2. The molecule has 0 radical (unpaired) electrons. The maximum absolute atomic E-state index is 12.6. The average Bonchev–Trinajstić information content (AvgIpc) is 2.87. The molecule has 1 atom stereocenters. The molecular weight excluding hydrogens is 312 g/mol. The van der Waals surface area contributed by atoms with Crippen LogP contribution in [-0.4, -0.2) is 18.4 Å². The zero-order valence-corrected chi connectivity index (χ0v) is 15.2. The van der Waals surface area contributed by atoms with Gasteiger partial charge in [0.2, 0.25) is 11.8 Å². The van der Waals surface area contributed by atoms with Gasteiger partial charge in [-0.1, -0.05) is 12.1 Å². The lowest BCUT2D eigenvalue weighted by molar-refractivity contribution is -0.122. The Morgan fingerprint density at radius 2 is 1.44 bits per heavy atom.